The van der Waals surface area contributed by atoms with Gasteiger partial charge in [0.05, 0.1) is 10.9 Å². The van der Waals surface area contributed by atoms with Crippen LogP contribution in [0, 0.1) is 0 Å². The van der Waals surface area contributed by atoms with Crippen LogP contribution in [-0.4, -0.2) is 80.8 Å². The van der Waals surface area contributed by atoms with Crippen LogP contribution in [0.25, 0.3) is 0 Å². The molecule has 0 spiro atoms. The van der Waals surface area contributed by atoms with Crippen molar-refractivity contribution >= 4 is 33.3 Å². The van der Waals surface area contributed by atoms with Gasteiger partial charge in [0.15, 0.2) is 16.0 Å². The van der Waals surface area contributed by atoms with Crippen molar-refractivity contribution in [1.82, 2.24) is 9.80 Å². The molecular weight excluding hydrogens is 640 g/mol. The maximum atomic E-state index is 14.9. The second-order valence-corrected chi connectivity index (χ2v) is 13.1. The average Bonchev–Trinajstić information content (AvgIpc) is 3.45. The van der Waals surface area contributed by atoms with Crippen molar-refractivity contribution in [3.8, 4) is 5.75 Å². The van der Waals surface area contributed by atoms with Crippen molar-refractivity contribution in [3.05, 3.63) is 58.6 Å². The summed E-state index contributed by atoms with van der Waals surface area (Å²) in [4.78, 5) is 27.2. The number of sulfone groups is 1. The first-order valence-electron chi connectivity index (χ1n) is 12.6. The zero-order valence-electron chi connectivity index (χ0n) is 21.8. The predicted molar refractivity (Wildman–Crippen MR) is 133 cm³/mol. The normalized spacial score (nSPS) is 26.3. The lowest BCUT2D eigenvalue weighted by Crippen LogP contribution is -2.57. The number of fused-ring (bicyclic) bond motifs is 3. The van der Waals surface area contributed by atoms with Gasteiger partial charge in [-0.15, -0.1) is 0 Å². The lowest BCUT2D eigenvalue weighted by atomic mass is 9.85. The van der Waals surface area contributed by atoms with E-state index in [0.29, 0.717) is 6.07 Å². The van der Waals surface area contributed by atoms with E-state index in [2.05, 4.69) is 0 Å². The first kappa shape index (κ1) is 31.3. The molecule has 3 aliphatic heterocycles. The zero-order chi connectivity index (χ0) is 31.9. The number of likely N-dealkylation sites (N-methyl/N-ethyl adjacent to an activating group) is 1. The summed E-state index contributed by atoms with van der Waals surface area (Å²) in [5, 5.41) is 0.154. The molecule has 7 nitrogen and oxygen atoms in total. The molecule has 0 aliphatic carbocycles. The number of amides is 2. The predicted octanol–water partition coefficient (Wildman–Crippen LogP) is 4.86. The van der Waals surface area contributed by atoms with Crippen LogP contribution in [-0.2, 0) is 29.8 Å². The number of rotatable bonds is 4. The molecule has 0 bridgehead atoms. The van der Waals surface area contributed by atoms with Gasteiger partial charge in [0.1, 0.15) is 23.1 Å². The van der Waals surface area contributed by atoms with E-state index in [0.717, 1.165) is 21.9 Å². The van der Waals surface area contributed by atoms with Crippen LogP contribution in [0.4, 0.5) is 35.1 Å². The van der Waals surface area contributed by atoms with Gasteiger partial charge < -0.3 is 14.5 Å². The fourth-order valence-corrected chi connectivity index (χ4v) is 8.51. The van der Waals surface area contributed by atoms with Gasteiger partial charge in [-0.25, -0.2) is 17.2 Å². The minimum atomic E-state index is -6.43. The van der Waals surface area contributed by atoms with E-state index in [1.165, 1.54) is 19.2 Å². The summed E-state index contributed by atoms with van der Waals surface area (Å²) in [6.45, 7) is -1.05. The highest BCUT2D eigenvalue weighted by Crippen LogP contribution is 2.57. The number of nitrogens with zero attached hydrogens (tertiary/aromatic N) is 2. The number of alkyl halides is 8. The van der Waals surface area contributed by atoms with Gasteiger partial charge in [0.2, 0.25) is 5.91 Å². The summed E-state index contributed by atoms with van der Waals surface area (Å²) in [5.74, 6) is -2.54. The number of benzene rings is 2. The molecule has 3 heterocycles. The molecule has 2 aromatic carbocycles. The standard InChI is InChI=1S/C26H21ClF8N2O5S/c1-36-18(11-17(28)21(36)38)22(39)37-9-8-23(43(40,41)15-5-3-14(27)4-6-15)16-7-2-13(10-19(16)42-12-20(23)37)24(29,25(30,31)32)26(33,34)35/h2-7,10,17-18,20H,8-9,11-12H2,1H3/t17-,18-,20?,23?/m0/s1. The summed E-state index contributed by atoms with van der Waals surface area (Å²) in [6.07, 6.45) is -15.8. The highest BCUT2D eigenvalue weighted by atomic mass is 35.5. The van der Waals surface area contributed by atoms with Crippen molar-refractivity contribution < 1.29 is 57.9 Å². The van der Waals surface area contributed by atoms with Crippen LogP contribution in [0.5, 0.6) is 5.75 Å². The minimum absolute atomic E-state index is 0.154. The highest BCUT2D eigenvalue weighted by molar-refractivity contribution is 7.92. The number of carbonyl (C=O) groups excluding carboxylic acids is 2. The Hall–Kier alpha value is -3.14. The topological polar surface area (TPSA) is 84.0 Å². The average molecular weight is 661 g/mol. The van der Waals surface area contributed by atoms with Crippen molar-refractivity contribution in [1.29, 1.82) is 0 Å². The van der Waals surface area contributed by atoms with Crippen LogP contribution in [0.15, 0.2) is 47.4 Å². The van der Waals surface area contributed by atoms with E-state index in [1.54, 1.807) is 0 Å². The number of hydrogen-bond donors (Lipinski definition) is 0. The molecule has 0 aromatic heterocycles. The Labute approximate surface area is 244 Å². The van der Waals surface area contributed by atoms with Crippen LogP contribution < -0.4 is 4.74 Å². The third-order valence-corrected chi connectivity index (χ3v) is 11.1. The van der Waals surface area contributed by atoms with Crippen LogP contribution >= 0.6 is 11.6 Å². The van der Waals surface area contributed by atoms with Gasteiger partial charge in [-0.2, -0.15) is 26.3 Å². The smallest absolute Gasteiger partial charge is 0.435 e. The number of halogens is 9. The van der Waals surface area contributed by atoms with Gasteiger partial charge in [-0.1, -0.05) is 23.7 Å². The largest absolute Gasteiger partial charge is 0.491 e. The Bertz CT molecular complexity index is 1570. The van der Waals surface area contributed by atoms with E-state index < -0.39 is 99.0 Å². The third-order valence-electron chi connectivity index (χ3n) is 8.34. The second kappa shape index (κ2) is 9.94. The first-order chi connectivity index (χ1) is 19.8. The summed E-state index contributed by atoms with van der Waals surface area (Å²) in [5.41, 5.74) is -8.09. The van der Waals surface area contributed by atoms with E-state index in [4.69, 9.17) is 16.3 Å². The van der Waals surface area contributed by atoms with Gasteiger partial charge in [0, 0.05) is 36.2 Å². The lowest BCUT2D eigenvalue weighted by Gasteiger charge is -2.43. The van der Waals surface area contributed by atoms with Crippen LogP contribution in [0.2, 0.25) is 5.02 Å². The Morgan fingerprint density at radius 3 is 2.16 bits per heavy atom. The fraction of sp³-hybridized carbons (Fsp3) is 0.462. The molecular formula is C26H21ClF8N2O5S. The molecule has 3 aliphatic rings. The van der Waals surface area contributed by atoms with Crippen molar-refractivity contribution in [2.45, 2.75) is 58.8 Å². The summed E-state index contributed by atoms with van der Waals surface area (Å²) >= 11 is 5.90. The Morgan fingerprint density at radius 2 is 1.63 bits per heavy atom. The Morgan fingerprint density at radius 1 is 1.02 bits per heavy atom. The zero-order valence-corrected chi connectivity index (χ0v) is 23.4. The maximum absolute atomic E-state index is 14.9. The third kappa shape index (κ3) is 4.37. The summed E-state index contributed by atoms with van der Waals surface area (Å²) in [7, 11) is -3.45. The van der Waals surface area contributed by atoms with E-state index in [9.17, 15) is 53.1 Å². The van der Waals surface area contributed by atoms with E-state index in [-0.39, 0.29) is 28.6 Å². The fourth-order valence-electron chi connectivity index (χ4n) is 6.10. The quantitative estimate of drug-likeness (QED) is 0.438. The Kier molecular flexibility index (Phi) is 7.23. The molecule has 234 valence electrons. The SMILES string of the molecule is CN1C(=O)[C@@H](F)C[C@H]1C(=O)N1CCC2(S(=O)(=O)c3ccc(Cl)cc3)c3ccc(C(F)(C(F)(F)F)C(F)(F)F)cc3OCC12. The molecule has 2 saturated heterocycles. The molecule has 5 rings (SSSR count). The van der Waals surface area contributed by atoms with Crippen molar-refractivity contribution in [2.24, 2.45) is 0 Å². The lowest BCUT2D eigenvalue weighted by molar-refractivity contribution is -0.348. The molecule has 43 heavy (non-hydrogen) atoms. The second-order valence-electron chi connectivity index (χ2n) is 10.5. The highest BCUT2D eigenvalue weighted by Gasteiger charge is 2.74. The molecule has 0 radical (unpaired) electrons. The van der Waals surface area contributed by atoms with Gasteiger partial charge in [0.25, 0.3) is 5.91 Å². The number of likely N-dealkylation sites (tertiary alicyclic amines) is 2. The number of hydrogen-bond acceptors (Lipinski definition) is 5. The first-order valence-corrected chi connectivity index (χ1v) is 14.5. The molecule has 2 aromatic rings. The summed E-state index contributed by atoms with van der Waals surface area (Å²) in [6, 6.07) is 3.00. The van der Waals surface area contributed by atoms with Crippen molar-refractivity contribution in [2.75, 3.05) is 20.2 Å². The van der Waals surface area contributed by atoms with E-state index in [1.807, 2.05) is 0 Å². The molecule has 2 amide bonds. The maximum Gasteiger partial charge on any atom is 0.435 e. The summed E-state index contributed by atoms with van der Waals surface area (Å²) < 4.78 is 142. The molecule has 2 fully saturated rings. The molecule has 0 N–H and O–H groups in total. The monoisotopic (exact) mass is 660 g/mol. The number of carbonyl (C=O) groups is 2. The number of ether oxygens (including phenoxy) is 1. The van der Waals surface area contributed by atoms with Gasteiger partial charge >= 0.3 is 18.0 Å². The van der Waals surface area contributed by atoms with Gasteiger partial charge in [-0.3, -0.25) is 9.59 Å². The Balaban J connectivity index is 1.68. The van der Waals surface area contributed by atoms with E-state index >= 15 is 0 Å². The van der Waals surface area contributed by atoms with Crippen LogP contribution in [0.1, 0.15) is 24.0 Å². The molecule has 17 heteroatoms. The molecule has 2 unspecified atom stereocenters. The van der Waals surface area contributed by atoms with Crippen molar-refractivity contribution in [3.63, 3.8) is 0 Å². The van der Waals surface area contributed by atoms with Crippen LogP contribution in [0.3, 0.4) is 0 Å². The minimum Gasteiger partial charge on any atom is -0.491 e. The molecule has 0 saturated carbocycles. The molecule has 4 atom stereocenters. The van der Waals surface area contributed by atoms with Gasteiger partial charge in [-0.05, 0) is 36.8 Å².